The highest BCUT2D eigenvalue weighted by Crippen LogP contribution is 2.23. The molecule has 0 radical (unpaired) electrons. The molecule has 9 atom stereocenters. The smallest absolute Gasteiger partial charge is 0.249 e. The van der Waals surface area contributed by atoms with E-state index < -0.39 is 74.2 Å². The molecule has 420 valence electrons. The Hall–Kier alpha value is -2.19. The lowest BCUT2D eigenvalue weighted by Gasteiger charge is -2.40. The number of hydrogen-bond donors (Lipinski definition) is 8. The molecule has 0 aromatic carbocycles. The number of unbranched alkanes of at least 4 members (excludes halogenated alkanes) is 28. The predicted molar refractivity (Wildman–Crippen MR) is 298 cm³/mol. The van der Waals surface area contributed by atoms with Crippen LogP contribution in [0.4, 0.5) is 0 Å². The molecule has 1 heterocycles. The first-order chi connectivity index (χ1) is 35.2. The molecule has 11 heteroatoms. The van der Waals surface area contributed by atoms with Crippen molar-refractivity contribution in [3.8, 4) is 0 Å². The molecule has 0 saturated carbocycles. The second-order valence-corrected chi connectivity index (χ2v) is 20.7. The highest BCUT2D eigenvalue weighted by Gasteiger charge is 2.44. The molecular weight excluding hydrogens is 907 g/mol. The van der Waals surface area contributed by atoms with Gasteiger partial charge in [0.2, 0.25) is 5.91 Å². The van der Waals surface area contributed by atoms with Crippen molar-refractivity contribution in [2.45, 2.75) is 306 Å². The quantitative estimate of drug-likeness (QED) is 0.0215. The number of aliphatic hydroxyl groups is 7. The number of allylic oxidation sites excluding steroid dienone is 10. The van der Waals surface area contributed by atoms with Crippen LogP contribution in [-0.4, -0.2) is 110 Å². The van der Waals surface area contributed by atoms with Gasteiger partial charge >= 0.3 is 0 Å². The monoisotopic (exact) mass is 1020 g/mol. The third-order valence-electron chi connectivity index (χ3n) is 14.0. The van der Waals surface area contributed by atoms with Crippen molar-refractivity contribution in [2.75, 3.05) is 13.2 Å². The molecule has 0 spiro atoms. The van der Waals surface area contributed by atoms with Crippen LogP contribution in [0.25, 0.3) is 0 Å². The molecule has 1 saturated heterocycles. The van der Waals surface area contributed by atoms with Crippen LogP contribution in [0, 0.1) is 0 Å². The Kier molecular flexibility index (Phi) is 46.8. The summed E-state index contributed by atoms with van der Waals surface area (Å²) in [6.45, 7) is 3.32. The third kappa shape index (κ3) is 37.5. The lowest BCUT2D eigenvalue weighted by Crippen LogP contribution is -2.60. The molecule has 1 aliphatic heterocycles. The number of rotatable bonds is 50. The number of hydrogen-bond acceptors (Lipinski definition) is 10. The molecular formula is C61H111NO10. The minimum atomic E-state index is -1.67. The lowest BCUT2D eigenvalue weighted by molar-refractivity contribution is -0.303. The maximum Gasteiger partial charge on any atom is 0.249 e. The van der Waals surface area contributed by atoms with Gasteiger partial charge in [-0.1, -0.05) is 222 Å². The van der Waals surface area contributed by atoms with Gasteiger partial charge in [-0.15, -0.1) is 0 Å². The Morgan fingerprint density at radius 3 is 1.39 bits per heavy atom. The van der Waals surface area contributed by atoms with E-state index in [1.165, 1.54) is 148 Å². The van der Waals surface area contributed by atoms with Gasteiger partial charge in [0.1, 0.15) is 36.6 Å². The van der Waals surface area contributed by atoms with E-state index in [2.05, 4.69) is 79.9 Å². The van der Waals surface area contributed by atoms with Crippen LogP contribution >= 0.6 is 0 Å². The topological polar surface area (TPSA) is 189 Å². The van der Waals surface area contributed by atoms with Gasteiger partial charge in [-0.2, -0.15) is 0 Å². The average molecular weight is 1020 g/mol. The molecule has 0 aliphatic carbocycles. The fraction of sp³-hybridized carbons (Fsp3) is 0.820. The fourth-order valence-electron chi connectivity index (χ4n) is 9.22. The number of nitrogens with one attached hydrogen (secondary N) is 1. The van der Waals surface area contributed by atoms with Crippen molar-refractivity contribution >= 4 is 5.91 Å². The Labute approximate surface area is 440 Å². The van der Waals surface area contributed by atoms with E-state index in [-0.39, 0.29) is 12.8 Å². The molecule has 0 aromatic heterocycles. The first-order valence-electron chi connectivity index (χ1n) is 29.7. The summed E-state index contributed by atoms with van der Waals surface area (Å²) in [5.41, 5.74) is 0. The normalized spacial score (nSPS) is 20.5. The van der Waals surface area contributed by atoms with Crippen molar-refractivity contribution in [1.29, 1.82) is 0 Å². The number of carbonyl (C=O) groups is 1. The molecule has 1 fully saturated rings. The van der Waals surface area contributed by atoms with Gasteiger partial charge < -0.3 is 50.5 Å². The molecule has 11 nitrogen and oxygen atoms in total. The van der Waals surface area contributed by atoms with Gasteiger partial charge in [-0.3, -0.25) is 4.79 Å². The highest BCUT2D eigenvalue weighted by molar-refractivity contribution is 5.80. The Morgan fingerprint density at radius 1 is 0.500 bits per heavy atom. The average Bonchev–Trinajstić information content (AvgIpc) is 3.38. The van der Waals surface area contributed by atoms with E-state index in [0.717, 1.165) is 57.8 Å². The number of aliphatic hydroxyl groups excluding tert-OH is 7. The summed E-state index contributed by atoms with van der Waals surface area (Å²) in [6, 6.07) is -1.20. The predicted octanol–water partition coefficient (Wildman–Crippen LogP) is 12.6. The SMILES string of the molecule is CC/C=C/CC/C=C/CC/C=C/CCCC(O)C(O)C(COC1OC(CO)C(O)C(O)C1O)NC(=O)C(O)CCCCCCCCCCCCCCCCCC/C=C\C/C=C\CCCCCCCCCCC. The molecule has 0 bridgehead atoms. The van der Waals surface area contributed by atoms with Gasteiger partial charge in [-0.05, 0) is 89.9 Å². The number of carbonyl (C=O) groups excluding carboxylic acids is 1. The summed E-state index contributed by atoms with van der Waals surface area (Å²) in [5, 5.41) is 75.9. The zero-order valence-electron chi connectivity index (χ0n) is 45.9. The van der Waals surface area contributed by atoms with Crippen LogP contribution in [0.3, 0.4) is 0 Å². The van der Waals surface area contributed by atoms with Crippen LogP contribution in [-0.2, 0) is 14.3 Å². The molecule has 8 N–H and O–H groups in total. The first kappa shape index (κ1) is 67.8. The Morgan fingerprint density at radius 2 is 0.917 bits per heavy atom. The van der Waals surface area contributed by atoms with E-state index in [1.807, 2.05) is 0 Å². The summed E-state index contributed by atoms with van der Waals surface area (Å²) in [4.78, 5) is 13.2. The highest BCUT2D eigenvalue weighted by atomic mass is 16.7. The second-order valence-electron chi connectivity index (χ2n) is 20.7. The maximum atomic E-state index is 13.2. The Bertz CT molecular complexity index is 1350. The maximum absolute atomic E-state index is 13.2. The summed E-state index contributed by atoms with van der Waals surface area (Å²) >= 11 is 0. The zero-order valence-corrected chi connectivity index (χ0v) is 45.9. The summed E-state index contributed by atoms with van der Waals surface area (Å²) in [6.07, 6.45) is 53.0. The number of amides is 1. The van der Waals surface area contributed by atoms with Crippen LogP contribution in [0.2, 0.25) is 0 Å². The van der Waals surface area contributed by atoms with Gasteiger partial charge in [-0.25, -0.2) is 0 Å². The molecule has 1 aliphatic rings. The van der Waals surface area contributed by atoms with E-state index in [4.69, 9.17) is 9.47 Å². The molecule has 1 amide bonds. The van der Waals surface area contributed by atoms with Gasteiger partial charge in [0.25, 0.3) is 0 Å². The van der Waals surface area contributed by atoms with Crippen molar-refractivity contribution < 1.29 is 50.0 Å². The van der Waals surface area contributed by atoms with Gasteiger partial charge in [0, 0.05) is 0 Å². The second kappa shape index (κ2) is 49.7. The van der Waals surface area contributed by atoms with E-state index in [9.17, 15) is 40.5 Å². The van der Waals surface area contributed by atoms with Crippen LogP contribution in [0.1, 0.15) is 251 Å². The first-order valence-corrected chi connectivity index (χ1v) is 29.7. The molecule has 9 unspecified atom stereocenters. The van der Waals surface area contributed by atoms with Crippen LogP contribution < -0.4 is 5.32 Å². The number of ether oxygens (including phenoxy) is 2. The van der Waals surface area contributed by atoms with E-state index in [0.29, 0.717) is 19.3 Å². The summed E-state index contributed by atoms with van der Waals surface area (Å²) in [7, 11) is 0. The van der Waals surface area contributed by atoms with Gasteiger partial charge in [0.15, 0.2) is 6.29 Å². The third-order valence-corrected chi connectivity index (χ3v) is 14.0. The van der Waals surface area contributed by atoms with Crippen molar-refractivity contribution in [2.24, 2.45) is 0 Å². The van der Waals surface area contributed by atoms with Crippen LogP contribution in [0.5, 0.6) is 0 Å². The lowest BCUT2D eigenvalue weighted by atomic mass is 9.98. The van der Waals surface area contributed by atoms with Crippen LogP contribution in [0.15, 0.2) is 60.8 Å². The van der Waals surface area contributed by atoms with E-state index >= 15 is 0 Å². The van der Waals surface area contributed by atoms with Crippen molar-refractivity contribution in [3.63, 3.8) is 0 Å². The van der Waals surface area contributed by atoms with Gasteiger partial charge in [0.05, 0.1) is 25.4 Å². The largest absolute Gasteiger partial charge is 0.394 e. The fourth-order valence-corrected chi connectivity index (χ4v) is 9.22. The minimum absolute atomic E-state index is 0.239. The summed E-state index contributed by atoms with van der Waals surface area (Å²) < 4.78 is 11.1. The minimum Gasteiger partial charge on any atom is -0.394 e. The molecule has 72 heavy (non-hydrogen) atoms. The molecule has 0 aromatic rings. The molecule has 1 rings (SSSR count). The Balaban J connectivity index is 2.21. The summed E-state index contributed by atoms with van der Waals surface area (Å²) in [5.74, 6) is -0.713. The zero-order chi connectivity index (χ0) is 52.5. The standard InChI is InChI=1S/C61H111NO10/c1-3-5-7-9-11-13-15-17-18-19-20-21-22-23-24-25-26-27-28-29-30-31-32-33-34-35-37-39-41-43-45-47-49-54(65)60(70)62-52(51-71-61-59(69)58(68)57(67)55(50-63)72-61)56(66)53(64)48-46-44-42-40-38-36-16-14-12-10-8-6-4-2/h6,8,14,16,20-21,23-24,40,42,52-59,61,63-69H,3-5,7,9-13,15,17-19,22,25-39,41,43-51H2,1-2H3,(H,62,70)/b8-6+,16-14+,21-20-,24-23-,42-40+. The van der Waals surface area contributed by atoms with Crippen molar-refractivity contribution in [1.82, 2.24) is 5.32 Å². The van der Waals surface area contributed by atoms with Crippen molar-refractivity contribution in [3.05, 3.63) is 60.8 Å². The van der Waals surface area contributed by atoms with E-state index in [1.54, 1.807) is 0 Å².